The van der Waals surface area contributed by atoms with Crippen LogP contribution in [-0.2, 0) is 9.53 Å². The summed E-state index contributed by atoms with van der Waals surface area (Å²) < 4.78 is 5.26. The van der Waals surface area contributed by atoms with Gasteiger partial charge in [-0.25, -0.2) is 4.79 Å². The van der Waals surface area contributed by atoms with Crippen molar-refractivity contribution in [3.63, 3.8) is 0 Å². The van der Waals surface area contributed by atoms with Crippen molar-refractivity contribution in [1.29, 1.82) is 0 Å². The molecular formula is C15H11Cl2NO4S. The fraction of sp³-hybridized carbons (Fsp3) is 0.0667. The molecule has 0 bridgehead atoms. The van der Waals surface area contributed by atoms with E-state index < -0.39 is 5.97 Å². The van der Waals surface area contributed by atoms with Crippen LogP contribution in [-0.4, -0.2) is 29.5 Å². The average Bonchev–Trinajstić information content (AvgIpc) is 2.87. The number of aliphatic imine (C=N–C) groups is 1. The lowest BCUT2D eigenvalue weighted by molar-refractivity contribution is -0.135. The van der Waals surface area contributed by atoms with Crippen LogP contribution in [0.2, 0.25) is 8.67 Å². The van der Waals surface area contributed by atoms with Gasteiger partial charge in [-0.05, 0) is 30.3 Å². The van der Waals surface area contributed by atoms with Crippen molar-refractivity contribution in [1.82, 2.24) is 0 Å². The first-order valence-corrected chi connectivity index (χ1v) is 7.79. The largest absolute Gasteiger partial charge is 0.508 e. The van der Waals surface area contributed by atoms with E-state index in [0.29, 0.717) is 10.0 Å². The lowest BCUT2D eigenvalue weighted by Crippen LogP contribution is -2.08. The standard InChI is InChI=1S/C15H11Cl2NO4S/c1-22-15(21)11(7-18-8-2-4-9(19)5-3-8)13(20)10-6-12(16)23-14(10)17/h2-7,19-20H,1H3/b13-11+,18-7?. The third-order valence-electron chi connectivity index (χ3n) is 2.76. The smallest absolute Gasteiger partial charge is 0.343 e. The molecule has 2 aromatic rings. The second-order valence-corrected chi connectivity index (χ2v) is 6.55. The minimum absolute atomic E-state index is 0.0928. The Kier molecular flexibility index (Phi) is 5.65. The number of halogens is 2. The number of esters is 1. The number of phenols is 1. The molecule has 1 aromatic carbocycles. The first kappa shape index (κ1) is 17.3. The van der Waals surface area contributed by atoms with Gasteiger partial charge in [-0.2, -0.15) is 0 Å². The van der Waals surface area contributed by atoms with Gasteiger partial charge in [-0.15, -0.1) is 11.3 Å². The zero-order chi connectivity index (χ0) is 17.0. The maximum absolute atomic E-state index is 11.9. The van der Waals surface area contributed by atoms with Gasteiger partial charge in [0.25, 0.3) is 0 Å². The summed E-state index contributed by atoms with van der Waals surface area (Å²) in [6, 6.07) is 7.44. The van der Waals surface area contributed by atoms with E-state index >= 15 is 0 Å². The Bertz CT molecular complexity index is 781. The molecule has 0 fully saturated rings. The summed E-state index contributed by atoms with van der Waals surface area (Å²) in [5.74, 6) is -1.06. The number of thiophene rings is 1. The number of aromatic hydroxyl groups is 1. The number of hydrogen-bond donors (Lipinski definition) is 2. The minimum Gasteiger partial charge on any atom is -0.508 e. The van der Waals surface area contributed by atoms with Crippen LogP contribution in [0.1, 0.15) is 5.56 Å². The van der Waals surface area contributed by atoms with E-state index in [2.05, 4.69) is 9.73 Å². The number of carbonyl (C=O) groups excluding carboxylic acids is 1. The number of aliphatic hydroxyl groups is 1. The Labute approximate surface area is 146 Å². The molecule has 2 N–H and O–H groups in total. The van der Waals surface area contributed by atoms with Crippen LogP contribution in [0.4, 0.5) is 5.69 Å². The highest BCUT2D eigenvalue weighted by atomic mass is 35.5. The highest BCUT2D eigenvalue weighted by molar-refractivity contribution is 7.20. The van der Waals surface area contributed by atoms with Crippen LogP contribution in [0.5, 0.6) is 5.75 Å². The van der Waals surface area contributed by atoms with Crippen molar-refractivity contribution < 1.29 is 19.7 Å². The third kappa shape index (κ3) is 4.25. The molecule has 2 rings (SSSR count). The molecule has 0 aliphatic carbocycles. The molecular weight excluding hydrogens is 361 g/mol. The molecule has 0 amide bonds. The van der Waals surface area contributed by atoms with E-state index in [1.54, 1.807) is 12.1 Å². The average molecular weight is 372 g/mol. The van der Waals surface area contributed by atoms with E-state index in [9.17, 15) is 15.0 Å². The summed E-state index contributed by atoms with van der Waals surface area (Å²) in [6.45, 7) is 0. The number of aliphatic hydroxyl groups excluding tert-OH is 1. The van der Waals surface area contributed by atoms with Gasteiger partial charge in [-0.3, -0.25) is 4.99 Å². The number of hydrogen-bond acceptors (Lipinski definition) is 6. The predicted octanol–water partition coefficient (Wildman–Crippen LogP) is 4.61. The first-order chi connectivity index (χ1) is 10.9. The third-order valence-corrected chi connectivity index (χ3v) is 4.25. The Hall–Kier alpha value is -2.02. The fourth-order valence-corrected chi connectivity index (χ4v) is 3.11. The molecule has 8 heteroatoms. The minimum atomic E-state index is -0.775. The second-order valence-electron chi connectivity index (χ2n) is 4.27. The quantitative estimate of drug-likeness (QED) is 0.356. The van der Waals surface area contributed by atoms with E-state index in [-0.39, 0.29) is 27.0 Å². The van der Waals surface area contributed by atoms with Gasteiger partial charge >= 0.3 is 5.97 Å². The SMILES string of the molecule is COC(=O)/C(C=Nc1ccc(O)cc1)=C(/O)c1cc(Cl)sc1Cl. The molecule has 0 spiro atoms. The summed E-state index contributed by atoms with van der Waals surface area (Å²) in [5, 5.41) is 19.5. The number of ether oxygens (including phenoxy) is 1. The number of nitrogens with zero attached hydrogens (tertiary/aromatic N) is 1. The number of benzene rings is 1. The monoisotopic (exact) mass is 371 g/mol. The van der Waals surface area contributed by atoms with Gasteiger partial charge in [0.1, 0.15) is 21.4 Å². The molecule has 5 nitrogen and oxygen atoms in total. The molecule has 0 radical (unpaired) electrons. The molecule has 23 heavy (non-hydrogen) atoms. The number of rotatable bonds is 4. The van der Waals surface area contributed by atoms with E-state index in [1.165, 1.54) is 25.3 Å². The Balaban J connectivity index is 2.44. The van der Waals surface area contributed by atoms with Gasteiger partial charge in [0, 0.05) is 11.8 Å². The summed E-state index contributed by atoms with van der Waals surface area (Å²) in [7, 11) is 1.19. The van der Waals surface area contributed by atoms with Crippen molar-refractivity contribution in [2.45, 2.75) is 0 Å². The maximum Gasteiger partial charge on any atom is 0.343 e. The van der Waals surface area contributed by atoms with Gasteiger partial charge in [0.05, 0.1) is 17.1 Å². The molecule has 0 atom stereocenters. The Morgan fingerprint density at radius 2 is 1.96 bits per heavy atom. The Morgan fingerprint density at radius 1 is 1.30 bits per heavy atom. The lowest BCUT2D eigenvalue weighted by Gasteiger charge is -2.04. The number of methoxy groups -OCH3 is 1. The van der Waals surface area contributed by atoms with Gasteiger partial charge in [-0.1, -0.05) is 23.2 Å². The molecule has 1 aromatic heterocycles. The number of phenolic OH excluding ortho intramolecular Hbond substituents is 1. The van der Waals surface area contributed by atoms with E-state index in [1.807, 2.05) is 0 Å². The molecule has 0 aliphatic rings. The number of carbonyl (C=O) groups is 1. The van der Waals surface area contributed by atoms with Gasteiger partial charge in [0.2, 0.25) is 0 Å². The molecule has 120 valence electrons. The van der Waals surface area contributed by atoms with E-state index in [0.717, 1.165) is 17.6 Å². The van der Waals surface area contributed by atoms with Crippen molar-refractivity contribution in [3.8, 4) is 5.75 Å². The molecule has 0 saturated heterocycles. The zero-order valence-corrected chi connectivity index (χ0v) is 14.1. The summed E-state index contributed by atoms with van der Waals surface area (Å²) in [6.07, 6.45) is 1.16. The van der Waals surface area contributed by atoms with Crippen molar-refractivity contribution in [2.75, 3.05) is 7.11 Å². The van der Waals surface area contributed by atoms with Crippen LogP contribution in [0.15, 0.2) is 40.9 Å². The van der Waals surface area contributed by atoms with Crippen molar-refractivity contribution >= 4 is 58.2 Å². The normalized spacial score (nSPS) is 12.3. The maximum atomic E-state index is 11.9. The first-order valence-electron chi connectivity index (χ1n) is 6.22. The summed E-state index contributed by atoms with van der Waals surface area (Å²) in [4.78, 5) is 15.9. The highest BCUT2D eigenvalue weighted by Gasteiger charge is 2.19. The fourth-order valence-electron chi connectivity index (χ4n) is 1.65. The van der Waals surface area contributed by atoms with Crippen LogP contribution >= 0.6 is 34.5 Å². The van der Waals surface area contributed by atoms with E-state index in [4.69, 9.17) is 23.2 Å². The molecule has 0 saturated carbocycles. The lowest BCUT2D eigenvalue weighted by atomic mass is 10.1. The summed E-state index contributed by atoms with van der Waals surface area (Å²) in [5.41, 5.74) is 0.530. The molecule has 0 aliphatic heterocycles. The predicted molar refractivity (Wildman–Crippen MR) is 92.2 cm³/mol. The Morgan fingerprint density at radius 3 is 2.48 bits per heavy atom. The van der Waals surface area contributed by atoms with Crippen LogP contribution < -0.4 is 0 Å². The topological polar surface area (TPSA) is 79.1 Å². The van der Waals surface area contributed by atoms with Crippen LogP contribution in [0.3, 0.4) is 0 Å². The van der Waals surface area contributed by atoms with Crippen LogP contribution in [0, 0.1) is 0 Å². The van der Waals surface area contributed by atoms with Gasteiger partial charge in [0.15, 0.2) is 0 Å². The van der Waals surface area contributed by atoms with Gasteiger partial charge < -0.3 is 14.9 Å². The highest BCUT2D eigenvalue weighted by Crippen LogP contribution is 2.35. The van der Waals surface area contributed by atoms with Crippen molar-refractivity contribution in [2.24, 2.45) is 4.99 Å². The van der Waals surface area contributed by atoms with Crippen molar-refractivity contribution in [3.05, 3.63) is 50.1 Å². The molecule has 0 unspecified atom stereocenters. The summed E-state index contributed by atoms with van der Waals surface area (Å²) >= 11 is 12.9. The zero-order valence-electron chi connectivity index (χ0n) is 11.8. The molecule has 1 heterocycles. The second kappa shape index (κ2) is 7.50. The van der Waals surface area contributed by atoms with Crippen LogP contribution in [0.25, 0.3) is 5.76 Å².